The van der Waals surface area contributed by atoms with Crippen molar-refractivity contribution in [2.75, 3.05) is 18.2 Å². The summed E-state index contributed by atoms with van der Waals surface area (Å²) >= 11 is 1.31. The summed E-state index contributed by atoms with van der Waals surface area (Å²) in [6.07, 6.45) is 0. The van der Waals surface area contributed by atoms with Crippen LogP contribution in [0.15, 0.2) is 53.7 Å². The lowest BCUT2D eigenvalue weighted by Crippen LogP contribution is -2.15. The molecule has 148 valence electrons. The first kappa shape index (κ1) is 20.4. The van der Waals surface area contributed by atoms with E-state index >= 15 is 0 Å². The fraction of sp³-hybridized carbons (Fsp3) is 0.238. The number of methoxy groups -OCH3 is 1. The van der Waals surface area contributed by atoms with Gasteiger partial charge in [0.25, 0.3) is 0 Å². The Balaban J connectivity index is 1.75. The van der Waals surface area contributed by atoms with Crippen molar-refractivity contribution in [3.05, 3.63) is 54.1 Å². The van der Waals surface area contributed by atoms with Crippen molar-refractivity contribution in [2.45, 2.75) is 25.0 Å². The molecular formula is C21H21N5O2S. The number of para-hydroxylation sites is 1. The number of carbonyl (C=O) groups is 1. The lowest BCUT2D eigenvalue weighted by molar-refractivity contribution is -0.113. The van der Waals surface area contributed by atoms with Crippen LogP contribution < -0.4 is 10.1 Å². The number of hydrogen-bond donors (Lipinski definition) is 1. The first-order valence-corrected chi connectivity index (χ1v) is 10.0. The average Bonchev–Trinajstić information content (AvgIpc) is 3.17. The van der Waals surface area contributed by atoms with Crippen molar-refractivity contribution in [3.63, 3.8) is 0 Å². The molecule has 0 spiro atoms. The first-order valence-electron chi connectivity index (χ1n) is 9.04. The van der Waals surface area contributed by atoms with Gasteiger partial charge >= 0.3 is 0 Å². The standard InChI is InChI=1S/C21H21N5O2S/c1-14(2)26-20(15-8-10-17(28-3)11-9-15)24-25-21(26)29-13-19(27)23-18-7-5-4-6-16(18)12-22/h4-11,14H,13H2,1-3H3,(H,23,27). The summed E-state index contributed by atoms with van der Waals surface area (Å²) in [5.74, 6) is 1.46. The van der Waals surface area contributed by atoms with Crippen LogP contribution in [-0.2, 0) is 4.79 Å². The number of ether oxygens (including phenoxy) is 1. The summed E-state index contributed by atoms with van der Waals surface area (Å²) in [5, 5.41) is 21.2. The molecule has 0 aliphatic carbocycles. The third kappa shape index (κ3) is 4.76. The summed E-state index contributed by atoms with van der Waals surface area (Å²) in [6.45, 7) is 4.09. The van der Waals surface area contributed by atoms with E-state index in [-0.39, 0.29) is 17.7 Å². The molecule has 0 bridgehead atoms. The van der Waals surface area contributed by atoms with Gasteiger partial charge < -0.3 is 10.1 Å². The van der Waals surface area contributed by atoms with Crippen LogP contribution in [0, 0.1) is 11.3 Å². The van der Waals surface area contributed by atoms with Gasteiger partial charge in [0.2, 0.25) is 5.91 Å². The Kier molecular flexibility index (Phi) is 6.52. The monoisotopic (exact) mass is 407 g/mol. The van der Waals surface area contributed by atoms with E-state index in [9.17, 15) is 4.79 Å². The molecule has 1 N–H and O–H groups in total. The maximum Gasteiger partial charge on any atom is 0.234 e. The Bertz CT molecular complexity index is 1040. The predicted molar refractivity (Wildman–Crippen MR) is 113 cm³/mol. The minimum Gasteiger partial charge on any atom is -0.497 e. The highest BCUT2D eigenvalue weighted by molar-refractivity contribution is 7.99. The summed E-state index contributed by atoms with van der Waals surface area (Å²) in [6, 6.07) is 16.7. The summed E-state index contributed by atoms with van der Waals surface area (Å²) < 4.78 is 7.21. The van der Waals surface area contributed by atoms with Crippen molar-refractivity contribution in [1.29, 1.82) is 5.26 Å². The number of nitrogens with zero attached hydrogens (tertiary/aromatic N) is 4. The normalized spacial score (nSPS) is 10.6. The molecule has 0 saturated heterocycles. The number of hydrogen-bond acceptors (Lipinski definition) is 6. The van der Waals surface area contributed by atoms with Crippen molar-refractivity contribution in [3.8, 4) is 23.2 Å². The molecule has 2 aromatic carbocycles. The van der Waals surface area contributed by atoms with Crippen molar-refractivity contribution < 1.29 is 9.53 Å². The lowest BCUT2D eigenvalue weighted by Gasteiger charge is -2.14. The lowest BCUT2D eigenvalue weighted by atomic mass is 10.2. The van der Waals surface area contributed by atoms with Gasteiger partial charge in [-0.2, -0.15) is 5.26 Å². The van der Waals surface area contributed by atoms with Gasteiger partial charge in [-0.05, 0) is 50.2 Å². The van der Waals surface area contributed by atoms with E-state index in [1.807, 2.05) is 42.7 Å². The zero-order valence-electron chi connectivity index (χ0n) is 16.4. The summed E-state index contributed by atoms with van der Waals surface area (Å²) in [4.78, 5) is 12.4. The van der Waals surface area contributed by atoms with E-state index in [1.54, 1.807) is 31.4 Å². The smallest absolute Gasteiger partial charge is 0.234 e. The second-order valence-corrected chi connectivity index (χ2v) is 7.44. The number of carbonyl (C=O) groups excluding carboxylic acids is 1. The van der Waals surface area contributed by atoms with Gasteiger partial charge in [-0.15, -0.1) is 10.2 Å². The number of nitriles is 1. The van der Waals surface area contributed by atoms with Crippen LogP contribution in [0.2, 0.25) is 0 Å². The maximum atomic E-state index is 12.4. The molecule has 7 nitrogen and oxygen atoms in total. The third-order valence-corrected chi connectivity index (χ3v) is 5.13. The molecule has 1 heterocycles. The minimum atomic E-state index is -0.206. The molecule has 3 aromatic rings. The number of benzene rings is 2. The molecule has 3 rings (SSSR count). The molecule has 0 atom stereocenters. The third-order valence-electron chi connectivity index (χ3n) is 4.18. The maximum absolute atomic E-state index is 12.4. The van der Waals surface area contributed by atoms with Gasteiger partial charge in [-0.3, -0.25) is 9.36 Å². The molecule has 0 aliphatic heterocycles. The van der Waals surface area contributed by atoms with Crippen LogP contribution in [-0.4, -0.2) is 33.5 Å². The summed E-state index contributed by atoms with van der Waals surface area (Å²) in [7, 11) is 1.63. The SMILES string of the molecule is COc1ccc(-c2nnc(SCC(=O)Nc3ccccc3C#N)n2C(C)C)cc1. The predicted octanol–water partition coefficient (Wildman–Crippen LogP) is 4.14. The average molecular weight is 407 g/mol. The number of anilines is 1. The molecule has 1 aromatic heterocycles. The van der Waals surface area contributed by atoms with Crippen molar-refractivity contribution >= 4 is 23.4 Å². The quantitative estimate of drug-likeness (QED) is 0.592. The zero-order valence-corrected chi connectivity index (χ0v) is 17.2. The Morgan fingerprint density at radius 3 is 2.59 bits per heavy atom. The fourth-order valence-electron chi connectivity index (χ4n) is 2.78. The first-order chi connectivity index (χ1) is 14.0. The van der Waals surface area contributed by atoms with E-state index in [2.05, 4.69) is 21.6 Å². The highest BCUT2D eigenvalue weighted by Gasteiger charge is 2.18. The van der Waals surface area contributed by atoms with E-state index in [4.69, 9.17) is 10.00 Å². The number of amides is 1. The van der Waals surface area contributed by atoms with Crippen LogP contribution in [0.4, 0.5) is 5.69 Å². The van der Waals surface area contributed by atoms with Gasteiger partial charge in [0.15, 0.2) is 11.0 Å². The molecule has 0 radical (unpaired) electrons. The molecule has 29 heavy (non-hydrogen) atoms. The molecule has 0 unspecified atom stereocenters. The zero-order chi connectivity index (χ0) is 20.8. The topological polar surface area (TPSA) is 92.8 Å². The van der Waals surface area contributed by atoms with Crippen LogP contribution in [0.3, 0.4) is 0 Å². The molecule has 0 saturated carbocycles. The Morgan fingerprint density at radius 1 is 1.21 bits per heavy atom. The highest BCUT2D eigenvalue weighted by atomic mass is 32.2. The highest BCUT2D eigenvalue weighted by Crippen LogP contribution is 2.29. The minimum absolute atomic E-state index is 0.118. The van der Waals surface area contributed by atoms with Crippen molar-refractivity contribution in [2.24, 2.45) is 0 Å². The molecule has 0 aliphatic rings. The van der Waals surface area contributed by atoms with Crippen molar-refractivity contribution in [1.82, 2.24) is 14.8 Å². The molecule has 8 heteroatoms. The number of rotatable bonds is 7. The van der Waals surface area contributed by atoms with Gasteiger partial charge in [0.1, 0.15) is 11.8 Å². The molecule has 0 fully saturated rings. The second-order valence-electron chi connectivity index (χ2n) is 6.49. The van der Waals surface area contributed by atoms with E-state index in [0.717, 1.165) is 17.1 Å². The van der Waals surface area contributed by atoms with Gasteiger partial charge in [0, 0.05) is 11.6 Å². The van der Waals surface area contributed by atoms with Crippen LogP contribution in [0.25, 0.3) is 11.4 Å². The Labute approximate surface area is 173 Å². The molecule has 1 amide bonds. The van der Waals surface area contributed by atoms with Crippen LogP contribution in [0.1, 0.15) is 25.5 Å². The summed E-state index contributed by atoms with van der Waals surface area (Å²) in [5.41, 5.74) is 1.86. The largest absolute Gasteiger partial charge is 0.497 e. The Morgan fingerprint density at radius 2 is 1.93 bits per heavy atom. The second kappa shape index (κ2) is 9.26. The van der Waals surface area contributed by atoms with Gasteiger partial charge in [-0.25, -0.2) is 0 Å². The van der Waals surface area contributed by atoms with E-state index in [1.165, 1.54) is 11.8 Å². The Hall–Kier alpha value is -3.31. The fourth-order valence-corrected chi connectivity index (χ4v) is 3.65. The van der Waals surface area contributed by atoms with Gasteiger partial charge in [0.05, 0.1) is 24.1 Å². The number of thioether (sulfide) groups is 1. The molecular weight excluding hydrogens is 386 g/mol. The van der Waals surface area contributed by atoms with Crippen LogP contribution >= 0.6 is 11.8 Å². The number of aromatic nitrogens is 3. The van der Waals surface area contributed by atoms with E-state index < -0.39 is 0 Å². The van der Waals surface area contributed by atoms with Crippen LogP contribution in [0.5, 0.6) is 5.75 Å². The van der Waals surface area contributed by atoms with Gasteiger partial charge in [-0.1, -0.05) is 23.9 Å². The van der Waals surface area contributed by atoms with E-state index in [0.29, 0.717) is 16.4 Å². The number of nitrogens with one attached hydrogen (secondary N) is 1.